The summed E-state index contributed by atoms with van der Waals surface area (Å²) >= 11 is 1.64. The van der Waals surface area contributed by atoms with E-state index in [0.29, 0.717) is 0 Å². The van der Waals surface area contributed by atoms with Gasteiger partial charge in [0.25, 0.3) is 0 Å². The molecule has 17 heavy (non-hydrogen) atoms. The number of thiazole rings is 1. The van der Waals surface area contributed by atoms with Crippen molar-refractivity contribution >= 4 is 17.0 Å². The molecule has 0 aliphatic carbocycles. The third-order valence-corrected chi connectivity index (χ3v) is 3.22. The Balaban J connectivity index is 1.61. The van der Waals surface area contributed by atoms with Crippen LogP contribution in [0.15, 0.2) is 35.2 Å². The van der Waals surface area contributed by atoms with Crippen LogP contribution in [0.25, 0.3) is 0 Å². The maximum atomic E-state index is 5.64. The Morgan fingerprint density at radius 1 is 1.24 bits per heavy atom. The summed E-state index contributed by atoms with van der Waals surface area (Å²) < 4.78 is 0. The highest BCUT2D eigenvalue weighted by atomic mass is 32.1. The molecule has 0 saturated carbocycles. The molecule has 0 aliphatic rings. The van der Waals surface area contributed by atoms with Gasteiger partial charge in [-0.15, -0.1) is 11.3 Å². The zero-order valence-electron chi connectivity index (χ0n) is 9.73. The predicted molar refractivity (Wildman–Crippen MR) is 73.0 cm³/mol. The predicted octanol–water partition coefficient (Wildman–Crippen LogP) is 2.45. The number of nitrogens with zero attached hydrogens (tertiary/aromatic N) is 1. The van der Waals surface area contributed by atoms with Crippen LogP contribution in [0.3, 0.4) is 0 Å². The van der Waals surface area contributed by atoms with Gasteiger partial charge in [0.15, 0.2) is 0 Å². The van der Waals surface area contributed by atoms with Crippen LogP contribution in [0.2, 0.25) is 0 Å². The van der Waals surface area contributed by atoms with E-state index >= 15 is 0 Å². The van der Waals surface area contributed by atoms with E-state index in [-0.39, 0.29) is 0 Å². The largest absolute Gasteiger partial charge is 0.399 e. The first-order chi connectivity index (χ1) is 8.34. The molecule has 0 amide bonds. The van der Waals surface area contributed by atoms with E-state index in [9.17, 15) is 0 Å². The first-order valence-electron chi connectivity index (χ1n) is 5.77. The summed E-state index contributed by atoms with van der Waals surface area (Å²) in [7, 11) is 0. The minimum Gasteiger partial charge on any atom is -0.399 e. The monoisotopic (exact) mass is 247 g/mol. The molecule has 0 saturated heterocycles. The van der Waals surface area contributed by atoms with Gasteiger partial charge in [-0.2, -0.15) is 0 Å². The fourth-order valence-corrected chi connectivity index (χ4v) is 2.20. The molecule has 0 radical (unpaired) electrons. The third kappa shape index (κ3) is 4.17. The van der Waals surface area contributed by atoms with E-state index in [4.69, 9.17) is 5.73 Å². The zero-order chi connectivity index (χ0) is 11.9. The first kappa shape index (κ1) is 12.1. The van der Waals surface area contributed by atoms with Crippen LogP contribution in [-0.4, -0.2) is 11.5 Å². The lowest BCUT2D eigenvalue weighted by Gasteiger charge is -2.03. The van der Waals surface area contributed by atoms with Crippen molar-refractivity contribution in [2.45, 2.75) is 19.4 Å². The Labute approximate surface area is 106 Å². The zero-order valence-corrected chi connectivity index (χ0v) is 10.5. The van der Waals surface area contributed by atoms with Gasteiger partial charge < -0.3 is 11.1 Å². The van der Waals surface area contributed by atoms with Crippen molar-refractivity contribution < 1.29 is 0 Å². The van der Waals surface area contributed by atoms with Crippen molar-refractivity contribution in [3.63, 3.8) is 0 Å². The summed E-state index contributed by atoms with van der Waals surface area (Å²) in [6, 6.07) is 8.10. The number of rotatable bonds is 6. The van der Waals surface area contributed by atoms with Gasteiger partial charge >= 0.3 is 0 Å². The normalized spacial score (nSPS) is 10.6. The number of benzene rings is 1. The second-order valence-corrected chi connectivity index (χ2v) is 4.72. The van der Waals surface area contributed by atoms with Crippen LogP contribution in [0, 0.1) is 0 Å². The van der Waals surface area contributed by atoms with Crippen molar-refractivity contribution in [2.75, 3.05) is 12.3 Å². The molecular formula is C13H17N3S. The Morgan fingerprint density at radius 2 is 2.06 bits per heavy atom. The lowest BCUT2D eigenvalue weighted by Crippen LogP contribution is -2.15. The molecule has 0 atom stereocenters. The van der Waals surface area contributed by atoms with Crippen LogP contribution in [0.1, 0.15) is 17.7 Å². The van der Waals surface area contributed by atoms with Gasteiger partial charge in [0, 0.05) is 17.6 Å². The standard InChI is InChI=1S/C13H17N3S/c14-12-5-3-11(4-6-12)2-1-7-15-8-13-9-17-10-16-13/h3-6,9-10,15H,1-2,7-8,14H2. The van der Waals surface area contributed by atoms with Gasteiger partial charge in [0.2, 0.25) is 0 Å². The molecule has 4 heteroatoms. The molecule has 1 aromatic carbocycles. The molecule has 0 aliphatic heterocycles. The molecular weight excluding hydrogens is 230 g/mol. The van der Waals surface area contributed by atoms with Gasteiger partial charge in [-0.25, -0.2) is 4.98 Å². The van der Waals surface area contributed by atoms with Crippen LogP contribution in [-0.2, 0) is 13.0 Å². The number of hydrogen-bond donors (Lipinski definition) is 2. The van der Waals surface area contributed by atoms with Gasteiger partial charge in [0.05, 0.1) is 11.2 Å². The molecule has 0 bridgehead atoms. The number of anilines is 1. The molecule has 3 N–H and O–H groups in total. The first-order valence-corrected chi connectivity index (χ1v) is 6.71. The highest BCUT2D eigenvalue weighted by Gasteiger charge is 1.95. The van der Waals surface area contributed by atoms with Gasteiger partial charge in [-0.3, -0.25) is 0 Å². The van der Waals surface area contributed by atoms with E-state index < -0.39 is 0 Å². The molecule has 3 nitrogen and oxygen atoms in total. The maximum absolute atomic E-state index is 5.64. The summed E-state index contributed by atoms with van der Waals surface area (Å²) in [6.45, 7) is 1.88. The van der Waals surface area contributed by atoms with Crippen molar-refractivity contribution in [2.24, 2.45) is 0 Å². The van der Waals surface area contributed by atoms with Crippen LogP contribution < -0.4 is 11.1 Å². The van der Waals surface area contributed by atoms with Gasteiger partial charge in [-0.1, -0.05) is 12.1 Å². The number of nitrogens with one attached hydrogen (secondary N) is 1. The summed E-state index contributed by atoms with van der Waals surface area (Å²) in [6.07, 6.45) is 2.22. The number of hydrogen-bond acceptors (Lipinski definition) is 4. The Hall–Kier alpha value is -1.39. The van der Waals surface area contributed by atoms with E-state index in [1.54, 1.807) is 11.3 Å². The minimum atomic E-state index is 0.829. The average Bonchev–Trinajstić information content (AvgIpc) is 2.84. The molecule has 0 unspecified atom stereocenters. The van der Waals surface area contributed by atoms with E-state index in [2.05, 4.69) is 27.8 Å². The molecule has 90 valence electrons. The van der Waals surface area contributed by atoms with Crippen molar-refractivity contribution in [3.05, 3.63) is 46.4 Å². The molecule has 2 rings (SSSR count). The molecule has 1 heterocycles. The lowest BCUT2D eigenvalue weighted by molar-refractivity contribution is 0.642. The van der Waals surface area contributed by atoms with Crippen molar-refractivity contribution in [3.8, 4) is 0 Å². The fourth-order valence-electron chi connectivity index (χ4n) is 1.64. The lowest BCUT2D eigenvalue weighted by atomic mass is 10.1. The smallest absolute Gasteiger partial charge is 0.0795 e. The maximum Gasteiger partial charge on any atom is 0.0795 e. The third-order valence-electron chi connectivity index (χ3n) is 2.59. The Bertz CT molecular complexity index is 422. The average molecular weight is 247 g/mol. The summed E-state index contributed by atoms with van der Waals surface area (Å²) in [4.78, 5) is 4.22. The Morgan fingerprint density at radius 3 is 2.76 bits per heavy atom. The van der Waals surface area contributed by atoms with E-state index in [1.807, 2.05) is 17.6 Å². The Kier molecular flexibility index (Phi) is 4.53. The SMILES string of the molecule is Nc1ccc(CCCNCc2cscn2)cc1. The number of aryl methyl sites for hydroxylation is 1. The minimum absolute atomic E-state index is 0.829. The fraction of sp³-hybridized carbons (Fsp3) is 0.308. The van der Waals surface area contributed by atoms with Crippen LogP contribution in [0.5, 0.6) is 0 Å². The molecule has 0 fully saturated rings. The van der Waals surface area contributed by atoms with Gasteiger partial charge in [0.1, 0.15) is 0 Å². The van der Waals surface area contributed by atoms with Crippen LogP contribution >= 0.6 is 11.3 Å². The summed E-state index contributed by atoms with van der Waals surface area (Å²) in [5.74, 6) is 0. The number of nitrogens with two attached hydrogens (primary N) is 1. The van der Waals surface area contributed by atoms with Crippen molar-refractivity contribution in [1.82, 2.24) is 10.3 Å². The van der Waals surface area contributed by atoms with E-state index in [1.165, 1.54) is 5.56 Å². The van der Waals surface area contributed by atoms with Crippen molar-refractivity contribution in [1.29, 1.82) is 0 Å². The number of aromatic nitrogens is 1. The van der Waals surface area contributed by atoms with E-state index in [0.717, 1.165) is 37.3 Å². The molecule has 0 spiro atoms. The summed E-state index contributed by atoms with van der Waals surface area (Å²) in [5.41, 5.74) is 10.8. The summed E-state index contributed by atoms with van der Waals surface area (Å²) in [5, 5.41) is 5.47. The highest BCUT2D eigenvalue weighted by molar-refractivity contribution is 7.07. The second kappa shape index (κ2) is 6.37. The second-order valence-electron chi connectivity index (χ2n) is 4.00. The number of nitrogen functional groups attached to an aromatic ring is 1. The van der Waals surface area contributed by atoms with Gasteiger partial charge in [-0.05, 0) is 37.1 Å². The van der Waals surface area contributed by atoms with Crippen LogP contribution in [0.4, 0.5) is 5.69 Å². The quantitative estimate of drug-likeness (QED) is 0.609. The highest BCUT2D eigenvalue weighted by Crippen LogP contribution is 2.07. The molecule has 2 aromatic rings. The molecule has 1 aromatic heterocycles. The topological polar surface area (TPSA) is 50.9 Å².